The van der Waals surface area contributed by atoms with Crippen LogP contribution in [0.3, 0.4) is 0 Å². The predicted octanol–water partition coefficient (Wildman–Crippen LogP) is 4.01. The van der Waals surface area contributed by atoms with Crippen LogP contribution in [0.5, 0.6) is 0 Å². The molecule has 0 radical (unpaired) electrons. The van der Waals surface area contributed by atoms with Gasteiger partial charge in [0.15, 0.2) is 0 Å². The maximum Gasteiger partial charge on any atom is 0.416 e. The Bertz CT molecular complexity index is 849. The lowest BCUT2D eigenvalue weighted by atomic mass is 9.99. The molecule has 7 heteroatoms. The van der Waals surface area contributed by atoms with Crippen LogP contribution < -0.4 is 5.32 Å². The summed E-state index contributed by atoms with van der Waals surface area (Å²) in [5, 5.41) is 2.42. The Labute approximate surface area is 155 Å². The maximum atomic E-state index is 12.7. The van der Waals surface area contributed by atoms with E-state index in [1.807, 2.05) is 24.3 Å². The molecule has 1 aliphatic rings. The van der Waals surface area contributed by atoms with Crippen LogP contribution in [-0.4, -0.2) is 23.3 Å². The minimum atomic E-state index is -4.47. The summed E-state index contributed by atoms with van der Waals surface area (Å²) < 4.78 is 38.1. The molecule has 4 nitrogen and oxygen atoms in total. The summed E-state index contributed by atoms with van der Waals surface area (Å²) in [6.07, 6.45) is -3.75. The van der Waals surface area contributed by atoms with E-state index in [1.165, 1.54) is 17.7 Å². The van der Waals surface area contributed by atoms with Crippen LogP contribution in [0.15, 0.2) is 48.5 Å². The molecule has 0 aromatic heterocycles. The van der Waals surface area contributed by atoms with Gasteiger partial charge in [-0.15, -0.1) is 0 Å². The van der Waals surface area contributed by atoms with Gasteiger partial charge in [-0.25, -0.2) is 0 Å². The van der Waals surface area contributed by atoms with Gasteiger partial charge in [0, 0.05) is 31.6 Å². The lowest BCUT2D eigenvalue weighted by Crippen LogP contribution is -2.36. The second-order valence-electron chi connectivity index (χ2n) is 6.46. The van der Waals surface area contributed by atoms with Gasteiger partial charge in [-0.1, -0.05) is 30.3 Å². The average molecular weight is 376 g/mol. The molecule has 142 valence electrons. The molecule has 3 rings (SSSR count). The number of hydrogen-bond acceptors (Lipinski definition) is 2. The van der Waals surface area contributed by atoms with Gasteiger partial charge in [0.1, 0.15) is 0 Å². The Morgan fingerprint density at radius 3 is 2.48 bits per heavy atom. The first-order chi connectivity index (χ1) is 12.8. The summed E-state index contributed by atoms with van der Waals surface area (Å²) in [6, 6.07) is 12.3. The van der Waals surface area contributed by atoms with Gasteiger partial charge in [0.25, 0.3) is 0 Å². The summed E-state index contributed by atoms with van der Waals surface area (Å²) in [7, 11) is 0. The Kier molecular flexibility index (Phi) is 5.48. The molecule has 0 fully saturated rings. The Hall–Kier alpha value is -2.83. The van der Waals surface area contributed by atoms with Crippen LogP contribution in [-0.2, 0) is 28.7 Å². The van der Waals surface area contributed by atoms with Gasteiger partial charge >= 0.3 is 6.18 Å². The molecule has 2 amide bonds. The molecular formula is C20H19F3N2O2. The standard InChI is InChI=1S/C20H19F3N2O2/c21-20(22,23)16-6-3-7-17(12-16)24-18(26)8-9-19(27)25-11-10-14-4-1-2-5-15(14)13-25/h1-7,12H,8-11,13H2,(H,24,26). The topological polar surface area (TPSA) is 49.4 Å². The van der Waals surface area contributed by atoms with Crippen molar-refractivity contribution in [3.8, 4) is 0 Å². The number of amides is 2. The lowest BCUT2D eigenvalue weighted by Gasteiger charge is -2.28. The zero-order chi connectivity index (χ0) is 19.4. The molecule has 0 atom stereocenters. The number of fused-ring (bicyclic) bond motifs is 1. The highest BCUT2D eigenvalue weighted by molar-refractivity contribution is 5.93. The van der Waals surface area contributed by atoms with E-state index < -0.39 is 17.6 Å². The van der Waals surface area contributed by atoms with Gasteiger partial charge < -0.3 is 10.2 Å². The Balaban J connectivity index is 1.52. The van der Waals surface area contributed by atoms with Crippen LogP contribution in [0, 0.1) is 0 Å². The first-order valence-corrected chi connectivity index (χ1v) is 8.64. The molecule has 0 bridgehead atoms. The third-order valence-electron chi connectivity index (χ3n) is 4.52. The van der Waals surface area contributed by atoms with E-state index in [1.54, 1.807) is 4.90 Å². The van der Waals surface area contributed by atoms with Gasteiger partial charge in [-0.2, -0.15) is 13.2 Å². The fourth-order valence-electron chi connectivity index (χ4n) is 3.08. The van der Waals surface area contributed by atoms with Crippen molar-refractivity contribution in [1.29, 1.82) is 0 Å². The first kappa shape index (κ1) is 18.9. The fraction of sp³-hybridized carbons (Fsp3) is 0.300. The monoisotopic (exact) mass is 376 g/mol. The number of carbonyl (C=O) groups is 2. The van der Waals surface area contributed by atoms with Crippen LogP contribution in [0.2, 0.25) is 0 Å². The van der Waals surface area contributed by atoms with Crippen LogP contribution in [0.4, 0.5) is 18.9 Å². The van der Waals surface area contributed by atoms with E-state index in [0.717, 1.165) is 24.1 Å². The SMILES string of the molecule is O=C(CCC(=O)N1CCc2ccccc2C1)Nc1cccc(C(F)(F)F)c1. The van der Waals surface area contributed by atoms with Crippen molar-refractivity contribution in [1.82, 2.24) is 4.90 Å². The molecule has 0 saturated carbocycles. The zero-order valence-electron chi connectivity index (χ0n) is 14.6. The second kappa shape index (κ2) is 7.82. The molecule has 0 spiro atoms. The third kappa shape index (κ3) is 4.87. The number of rotatable bonds is 4. The number of hydrogen-bond donors (Lipinski definition) is 1. The minimum absolute atomic E-state index is 0.0208. The molecule has 1 aliphatic heterocycles. The van der Waals surface area contributed by atoms with Crippen LogP contribution >= 0.6 is 0 Å². The fourth-order valence-corrected chi connectivity index (χ4v) is 3.08. The third-order valence-corrected chi connectivity index (χ3v) is 4.52. The number of nitrogens with zero attached hydrogens (tertiary/aromatic N) is 1. The van der Waals surface area contributed by atoms with Crippen molar-refractivity contribution in [2.45, 2.75) is 32.0 Å². The molecule has 0 aliphatic carbocycles. The van der Waals surface area contributed by atoms with Crippen molar-refractivity contribution >= 4 is 17.5 Å². The van der Waals surface area contributed by atoms with Gasteiger partial charge in [0.2, 0.25) is 11.8 Å². The largest absolute Gasteiger partial charge is 0.416 e. The summed E-state index contributed by atoms with van der Waals surface area (Å²) in [5.74, 6) is -0.622. The van der Waals surface area contributed by atoms with Crippen molar-refractivity contribution < 1.29 is 22.8 Å². The number of halogens is 3. The molecule has 0 unspecified atom stereocenters. The lowest BCUT2D eigenvalue weighted by molar-refractivity contribution is -0.137. The molecule has 1 heterocycles. The molecular weight excluding hydrogens is 357 g/mol. The number of carbonyl (C=O) groups excluding carboxylic acids is 2. The highest BCUT2D eigenvalue weighted by Crippen LogP contribution is 2.30. The first-order valence-electron chi connectivity index (χ1n) is 8.64. The number of alkyl halides is 3. The second-order valence-corrected chi connectivity index (χ2v) is 6.46. The van der Waals surface area contributed by atoms with E-state index in [0.29, 0.717) is 13.1 Å². The molecule has 2 aromatic rings. The van der Waals surface area contributed by atoms with Crippen LogP contribution in [0.25, 0.3) is 0 Å². The summed E-state index contributed by atoms with van der Waals surface area (Å²) in [4.78, 5) is 26.1. The molecule has 2 aromatic carbocycles. The van der Waals surface area contributed by atoms with Crippen molar-refractivity contribution in [3.05, 3.63) is 65.2 Å². The predicted molar refractivity (Wildman–Crippen MR) is 94.9 cm³/mol. The van der Waals surface area contributed by atoms with E-state index >= 15 is 0 Å². The van der Waals surface area contributed by atoms with Crippen molar-refractivity contribution in [2.24, 2.45) is 0 Å². The minimum Gasteiger partial charge on any atom is -0.338 e. The summed E-state index contributed by atoms with van der Waals surface area (Å²) in [5.41, 5.74) is 1.56. The molecule has 0 saturated heterocycles. The maximum absolute atomic E-state index is 12.7. The summed E-state index contributed by atoms with van der Waals surface area (Å²) >= 11 is 0. The highest BCUT2D eigenvalue weighted by Gasteiger charge is 2.30. The molecule has 1 N–H and O–H groups in total. The summed E-state index contributed by atoms with van der Waals surface area (Å²) in [6.45, 7) is 1.12. The number of benzene rings is 2. The van der Waals surface area contributed by atoms with Crippen molar-refractivity contribution in [3.63, 3.8) is 0 Å². The van der Waals surface area contributed by atoms with E-state index in [2.05, 4.69) is 5.32 Å². The average Bonchev–Trinajstić information content (AvgIpc) is 2.65. The number of nitrogens with one attached hydrogen (secondary N) is 1. The highest BCUT2D eigenvalue weighted by atomic mass is 19.4. The quantitative estimate of drug-likeness (QED) is 0.877. The normalized spacial score (nSPS) is 13.8. The smallest absolute Gasteiger partial charge is 0.338 e. The van der Waals surface area contributed by atoms with E-state index in [-0.39, 0.29) is 24.4 Å². The van der Waals surface area contributed by atoms with Crippen molar-refractivity contribution in [2.75, 3.05) is 11.9 Å². The molecule has 27 heavy (non-hydrogen) atoms. The Morgan fingerprint density at radius 1 is 1.00 bits per heavy atom. The zero-order valence-corrected chi connectivity index (χ0v) is 14.6. The van der Waals surface area contributed by atoms with Gasteiger partial charge in [0.05, 0.1) is 5.56 Å². The Morgan fingerprint density at radius 2 is 1.74 bits per heavy atom. The van der Waals surface area contributed by atoms with Crippen LogP contribution in [0.1, 0.15) is 29.5 Å². The van der Waals surface area contributed by atoms with E-state index in [9.17, 15) is 22.8 Å². The van der Waals surface area contributed by atoms with Gasteiger partial charge in [-0.3, -0.25) is 9.59 Å². The van der Waals surface area contributed by atoms with E-state index in [4.69, 9.17) is 0 Å². The van der Waals surface area contributed by atoms with Gasteiger partial charge in [-0.05, 0) is 35.7 Å². The number of anilines is 1.